The number of carboxylic acids is 1. The summed E-state index contributed by atoms with van der Waals surface area (Å²) in [6.45, 7) is 0. The Hall–Kier alpha value is -1.53. The van der Waals surface area contributed by atoms with Crippen molar-refractivity contribution in [2.75, 3.05) is 0 Å². The first-order valence-corrected chi connectivity index (χ1v) is 4.71. The van der Waals surface area contributed by atoms with Crippen molar-refractivity contribution in [1.29, 1.82) is 0 Å². The van der Waals surface area contributed by atoms with Crippen LogP contribution in [0.3, 0.4) is 0 Å². The Morgan fingerprint density at radius 3 is 2.19 bits per heavy atom. The van der Waals surface area contributed by atoms with E-state index in [0.717, 1.165) is 0 Å². The fraction of sp³-hybridized carbons (Fsp3) is 0.200. The summed E-state index contributed by atoms with van der Waals surface area (Å²) in [5, 5.41) is 8.89. The van der Waals surface area contributed by atoms with E-state index in [0.29, 0.717) is 5.56 Å². The van der Waals surface area contributed by atoms with Crippen LogP contribution in [-0.2, 0) is 16.0 Å². The lowest BCUT2D eigenvalue weighted by Crippen LogP contribution is -2.47. The van der Waals surface area contributed by atoms with Crippen LogP contribution in [-0.4, -0.2) is 27.2 Å². The molecule has 0 saturated carbocycles. The topological polar surface area (TPSA) is 112 Å². The van der Waals surface area contributed by atoms with Gasteiger partial charge in [0.1, 0.15) is 0 Å². The van der Waals surface area contributed by atoms with E-state index in [1.807, 2.05) is 0 Å². The third-order valence-electron chi connectivity index (χ3n) is 2.06. The van der Waals surface area contributed by atoms with Crippen molar-refractivity contribution >= 4 is 24.5 Å². The second-order valence-corrected chi connectivity index (χ2v) is 3.96. The van der Waals surface area contributed by atoms with Gasteiger partial charge in [-0.2, -0.15) is 12.6 Å². The average Bonchev–Trinajstić information content (AvgIpc) is 2.18. The number of rotatable bonds is 4. The van der Waals surface area contributed by atoms with E-state index in [1.54, 1.807) is 30.3 Å². The number of carboxylic acid groups (broad SMARTS) is 1. The zero-order valence-corrected chi connectivity index (χ0v) is 9.28. The highest BCUT2D eigenvalue weighted by molar-refractivity contribution is 7.83. The molecule has 1 rings (SSSR count). The number of hydrogen-bond acceptors (Lipinski definition) is 3. The summed E-state index contributed by atoms with van der Waals surface area (Å²) in [4.78, 5) is 21.9. The standard InChI is InChI=1S/C10H11NO3S.H2O/c11-8(12)10(15,9(13)14)6-7-4-2-1-3-5-7;/h1-5,15H,6H2,(H2,11,12)(H,13,14);1H2. The van der Waals surface area contributed by atoms with E-state index in [2.05, 4.69) is 12.6 Å². The van der Waals surface area contributed by atoms with Crippen LogP contribution < -0.4 is 5.73 Å². The summed E-state index contributed by atoms with van der Waals surface area (Å²) in [5.74, 6) is -2.29. The van der Waals surface area contributed by atoms with Crippen molar-refractivity contribution in [2.24, 2.45) is 5.73 Å². The number of nitrogens with two attached hydrogens (primary N) is 1. The molecule has 1 aromatic carbocycles. The van der Waals surface area contributed by atoms with Crippen molar-refractivity contribution in [1.82, 2.24) is 0 Å². The van der Waals surface area contributed by atoms with Crippen LogP contribution in [0.1, 0.15) is 5.56 Å². The van der Waals surface area contributed by atoms with Gasteiger partial charge < -0.3 is 16.3 Å². The Labute approximate surface area is 98.0 Å². The molecular formula is C10H13NO4S. The molecule has 0 aliphatic heterocycles. The maximum atomic E-state index is 11.0. The van der Waals surface area contributed by atoms with E-state index in [1.165, 1.54) is 0 Å². The molecule has 88 valence electrons. The van der Waals surface area contributed by atoms with Crippen LogP contribution in [0.4, 0.5) is 0 Å². The minimum absolute atomic E-state index is 0. The highest BCUT2D eigenvalue weighted by atomic mass is 32.1. The van der Waals surface area contributed by atoms with Crippen LogP contribution in [0.15, 0.2) is 30.3 Å². The molecule has 5 nitrogen and oxygen atoms in total. The molecule has 0 saturated heterocycles. The normalized spacial score (nSPS) is 13.3. The van der Waals surface area contributed by atoms with Gasteiger partial charge in [0, 0.05) is 6.42 Å². The summed E-state index contributed by atoms with van der Waals surface area (Å²) >= 11 is 3.85. The zero-order valence-electron chi connectivity index (χ0n) is 8.38. The predicted octanol–water partition coefficient (Wildman–Crippen LogP) is -0.357. The van der Waals surface area contributed by atoms with Gasteiger partial charge in [0.15, 0.2) is 4.75 Å². The quantitative estimate of drug-likeness (QED) is 0.496. The van der Waals surface area contributed by atoms with Crippen LogP contribution >= 0.6 is 12.6 Å². The summed E-state index contributed by atoms with van der Waals surface area (Å²) in [6.07, 6.45) is -0.0262. The van der Waals surface area contributed by atoms with Gasteiger partial charge in [-0.3, -0.25) is 9.59 Å². The minimum Gasteiger partial charge on any atom is -0.480 e. The van der Waals surface area contributed by atoms with Gasteiger partial charge in [-0.15, -0.1) is 0 Å². The fourth-order valence-corrected chi connectivity index (χ4v) is 1.34. The second kappa shape index (κ2) is 5.53. The molecule has 1 amide bonds. The van der Waals surface area contributed by atoms with Crippen LogP contribution in [0.25, 0.3) is 0 Å². The molecule has 0 heterocycles. The number of hydrogen-bond donors (Lipinski definition) is 3. The van der Waals surface area contributed by atoms with Gasteiger partial charge in [-0.05, 0) is 5.56 Å². The number of carbonyl (C=O) groups excluding carboxylic acids is 1. The molecule has 0 bridgehead atoms. The molecule has 16 heavy (non-hydrogen) atoms. The van der Waals surface area contributed by atoms with Crippen LogP contribution in [0.2, 0.25) is 0 Å². The van der Waals surface area contributed by atoms with E-state index in [9.17, 15) is 9.59 Å². The first-order chi connectivity index (χ1) is 6.97. The fourth-order valence-electron chi connectivity index (χ4n) is 1.16. The molecule has 0 radical (unpaired) electrons. The number of aliphatic carboxylic acids is 1. The number of amides is 1. The van der Waals surface area contributed by atoms with Crippen LogP contribution in [0.5, 0.6) is 0 Å². The van der Waals surface area contributed by atoms with E-state index in [-0.39, 0.29) is 11.9 Å². The Bertz CT molecular complexity index is 366. The Balaban J connectivity index is 0.00000225. The number of benzene rings is 1. The van der Waals surface area contributed by atoms with Crippen molar-refractivity contribution in [3.05, 3.63) is 35.9 Å². The van der Waals surface area contributed by atoms with E-state index < -0.39 is 16.6 Å². The molecule has 0 aromatic heterocycles. The van der Waals surface area contributed by atoms with Gasteiger partial charge in [0.25, 0.3) is 0 Å². The molecular weight excluding hydrogens is 230 g/mol. The lowest BCUT2D eigenvalue weighted by molar-refractivity contribution is -0.143. The lowest BCUT2D eigenvalue weighted by atomic mass is 9.98. The largest absolute Gasteiger partial charge is 0.480 e. The highest BCUT2D eigenvalue weighted by Gasteiger charge is 2.41. The van der Waals surface area contributed by atoms with Gasteiger partial charge in [-0.1, -0.05) is 30.3 Å². The Morgan fingerprint density at radius 1 is 1.31 bits per heavy atom. The average molecular weight is 243 g/mol. The van der Waals surface area contributed by atoms with Gasteiger partial charge in [0.2, 0.25) is 5.91 Å². The summed E-state index contributed by atoms with van der Waals surface area (Å²) < 4.78 is -1.85. The SMILES string of the molecule is NC(=O)C(S)(Cc1ccccc1)C(=O)O.O. The maximum absolute atomic E-state index is 11.0. The molecule has 1 aromatic rings. The number of primary amides is 1. The first kappa shape index (κ1) is 14.5. The summed E-state index contributed by atoms with van der Waals surface area (Å²) in [6, 6.07) is 8.75. The Morgan fingerprint density at radius 2 is 1.81 bits per heavy atom. The van der Waals surface area contributed by atoms with Crippen LogP contribution in [0, 0.1) is 0 Å². The summed E-state index contributed by atoms with van der Waals surface area (Å²) in [7, 11) is 0. The van der Waals surface area contributed by atoms with Gasteiger partial charge >= 0.3 is 5.97 Å². The molecule has 1 unspecified atom stereocenters. The van der Waals surface area contributed by atoms with Crippen molar-refractivity contribution in [2.45, 2.75) is 11.2 Å². The van der Waals surface area contributed by atoms with Crippen molar-refractivity contribution in [3.63, 3.8) is 0 Å². The van der Waals surface area contributed by atoms with Gasteiger partial charge in [-0.25, -0.2) is 0 Å². The third-order valence-corrected chi connectivity index (χ3v) is 2.63. The third kappa shape index (κ3) is 2.98. The smallest absolute Gasteiger partial charge is 0.329 e. The number of carbonyl (C=O) groups is 2. The molecule has 1 atom stereocenters. The van der Waals surface area contributed by atoms with Gasteiger partial charge in [0.05, 0.1) is 0 Å². The second-order valence-electron chi connectivity index (χ2n) is 3.19. The molecule has 5 N–H and O–H groups in total. The maximum Gasteiger partial charge on any atom is 0.329 e. The molecule has 0 aliphatic rings. The van der Waals surface area contributed by atoms with E-state index >= 15 is 0 Å². The molecule has 0 fully saturated rings. The highest BCUT2D eigenvalue weighted by Crippen LogP contribution is 2.20. The minimum atomic E-state index is -1.85. The summed E-state index contributed by atoms with van der Waals surface area (Å²) in [5.41, 5.74) is 5.73. The van der Waals surface area contributed by atoms with Crippen molar-refractivity contribution in [3.8, 4) is 0 Å². The lowest BCUT2D eigenvalue weighted by Gasteiger charge is -2.19. The van der Waals surface area contributed by atoms with Crippen molar-refractivity contribution < 1.29 is 20.2 Å². The van der Waals surface area contributed by atoms with E-state index in [4.69, 9.17) is 10.8 Å². The molecule has 6 heteroatoms. The molecule has 0 aliphatic carbocycles. The number of thiol groups is 1. The molecule has 0 spiro atoms. The monoisotopic (exact) mass is 243 g/mol. The first-order valence-electron chi connectivity index (χ1n) is 4.26. The zero-order chi connectivity index (χ0) is 11.5. The Kier molecular flexibility index (Phi) is 5.00. The predicted molar refractivity (Wildman–Crippen MR) is 62.3 cm³/mol.